The van der Waals surface area contributed by atoms with Crippen molar-refractivity contribution in [3.05, 3.63) is 72.7 Å². The lowest BCUT2D eigenvalue weighted by Crippen LogP contribution is -1.97. The van der Waals surface area contributed by atoms with Crippen LogP contribution in [0.4, 0.5) is 5.69 Å². The number of hydrogen-bond acceptors (Lipinski definition) is 4. The summed E-state index contributed by atoms with van der Waals surface area (Å²) < 4.78 is 5.48. The largest absolute Gasteiger partial charge is 0.465 e. The van der Waals surface area contributed by atoms with Gasteiger partial charge in [-0.15, -0.1) is 0 Å². The summed E-state index contributed by atoms with van der Waals surface area (Å²) in [6, 6.07) is 7.51. The molecule has 2 bridgehead atoms. The number of ether oxygens (including phenoxy) is 1. The van der Waals surface area contributed by atoms with Crippen molar-refractivity contribution in [2.24, 2.45) is 15.0 Å². The third-order valence-electron chi connectivity index (χ3n) is 2.83. The predicted molar refractivity (Wildman–Crippen MR) is 86.7 cm³/mol. The first-order valence-electron chi connectivity index (χ1n) is 6.52. The molecule has 1 aliphatic heterocycles. The van der Waals surface area contributed by atoms with E-state index in [-0.39, 0.29) is 0 Å². The van der Waals surface area contributed by atoms with Crippen LogP contribution in [0.5, 0.6) is 5.75 Å². The minimum Gasteiger partial charge on any atom is -0.465 e. The fourth-order valence-corrected chi connectivity index (χ4v) is 1.83. The van der Waals surface area contributed by atoms with Gasteiger partial charge < -0.3 is 4.74 Å². The zero-order chi connectivity index (χ0) is 14.3. The van der Waals surface area contributed by atoms with Crippen molar-refractivity contribution in [2.45, 2.75) is 0 Å². The van der Waals surface area contributed by atoms with E-state index < -0.39 is 0 Å². The van der Waals surface area contributed by atoms with Gasteiger partial charge in [-0.25, -0.2) is 9.98 Å². The van der Waals surface area contributed by atoms with Gasteiger partial charge in [0.05, 0.1) is 17.7 Å². The van der Waals surface area contributed by atoms with Gasteiger partial charge in [0.25, 0.3) is 0 Å². The average Bonchev–Trinajstić information content (AvgIpc) is 2.93. The van der Waals surface area contributed by atoms with E-state index >= 15 is 0 Å². The Kier molecular flexibility index (Phi) is 3.98. The Morgan fingerprint density at radius 3 is 3.05 bits per heavy atom. The van der Waals surface area contributed by atoms with Gasteiger partial charge in [0.2, 0.25) is 0 Å². The second-order valence-corrected chi connectivity index (χ2v) is 4.30. The predicted octanol–water partition coefficient (Wildman–Crippen LogP) is 3.77. The molecule has 1 aromatic carbocycles. The highest BCUT2D eigenvalue weighted by Crippen LogP contribution is 2.20. The summed E-state index contributed by atoms with van der Waals surface area (Å²) >= 11 is 0. The first kappa shape index (κ1) is 13.0. The second-order valence-electron chi connectivity index (χ2n) is 4.30. The molecule has 0 radical (unpaired) electrons. The maximum absolute atomic E-state index is 5.48. The Balaban J connectivity index is 1.95. The number of rotatable bonds is 0. The Labute approximate surface area is 122 Å². The summed E-state index contributed by atoms with van der Waals surface area (Å²) in [5.41, 5.74) is 2.58. The van der Waals surface area contributed by atoms with Crippen LogP contribution in [0.15, 0.2) is 87.7 Å². The normalized spacial score (nSPS) is 16.6. The quantitative estimate of drug-likeness (QED) is 0.710. The minimum absolute atomic E-state index is 0.724. The van der Waals surface area contributed by atoms with E-state index in [1.165, 1.54) is 6.34 Å². The summed E-state index contributed by atoms with van der Waals surface area (Å²) in [4.78, 5) is 12.9. The van der Waals surface area contributed by atoms with Crippen LogP contribution in [-0.2, 0) is 0 Å². The van der Waals surface area contributed by atoms with Crippen LogP contribution in [0.3, 0.4) is 0 Å². The van der Waals surface area contributed by atoms with E-state index in [1.54, 1.807) is 30.8 Å². The van der Waals surface area contributed by atoms with Crippen molar-refractivity contribution in [3.63, 3.8) is 0 Å². The molecule has 1 aliphatic carbocycles. The Morgan fingerprint density at radius 1 is 1.05 bits per heavy atom. The minimum atomic E-state index is 0.724. The zero-order valence-electron chi connectivity index (χ0n) is 11.3. The molecule has 0 N–H and O–H groups in total. The van der Waals surface area contributed by atoms with Gasteiger partial charge in [-0.3, -0.25) is 4.99 Å². The zero-order valence-corrected chi connectivity index (χ0v) is 11.3. The molecule has 0 fully saturated rings. The lowest BCUT2D eigenvalue weighted by molar-refractivity contribution is 0.481. The van der Waals surface area contributed by atoms with Crippen molar-refractivity contribution >= 4 is 24.0 Å². The summed E-state index contributed by atoms with van der Waals surface area (Å²) in [6.45, 7) is 0. The lowest BCUT2D eigenvalue weighted by Gasteiger charge is -2.00. The van der Waals surface area contributed by atoms with Crippen molar-refractivity contribution in [1.29, 1.82) is 0 Å². The first-order chi connectivity index (χ1) is 10.4. The highest BCUT2D eigenvalue weighted by atomic mass is 16.5. The van der Waals surface area contributed by atoms with Gasteiger partial charge in [-0.2, -0.15) is 0 Å². The molecule has 0 aromatic heterocycles. The molecule has 102 valence electrons. The molecule has 0 amide bonds. The van der Waals surface area contributed by atoms with Gasteiger partial charge in [0.15, 0.2) is 0 Å². The van der Waals surface area contributed by atoms with Crippen LogP contribution < -0.4 is 4.74 Å². The number of fused-ring (bicyclic) bond motifs is 3. The van der Waals surface area contributed by atoms with Crippen LogP contribution in [0, 0.1) is 0 Å². The monoisotopic (exact) mass is 275 g/mol. The van der Waals surface area contributed by atoms with E-state index in [0.717, 1.165) is 22.7 Å². The number of benzene rings is 1. The Bertz CT molecular complexity index is 734. The van der Waals surface area contributed by atoms with Crippen LogP contribution >= 0.6 is 0 Å². The van der Waals surface area contributed by atoms with Crippen LogP contribution in [0.25, 0.3) is 0 Å². The van der Waals surface area contributed by atoms with Crippen molar-refractivity contribution < 1.29 is 4.74 Å². The van der Waals surface area contributed by atoms with Crippen LogP contribution in [0.2, 0.25) is 0 Å². The van der Waals surface area contributed by atoms with Crippen molar-refractivity contribution in [2.75, 3.05) is 0 Å². The Hall–Kier alpha value is -3.01. The van der Waals surface area contributed by atoms with Gasteiger partial charge in [-0.05, 0) is 30.4 Å². The molecule has 0 saturated heterocycles. The van der Waals surface area contributed by atoms with Crippen LogP contribution in [-0.4, -0.2) is 18.3 Å². The van der Waals surface area contributed by atoms with E-state index in [9.17, 15) is 0 Å². The van der Waals surface area contributed by atoms with E-state index in [0.29, 0.717) is 0 Å². The smallest absolute Gasteiger partial charge is 0.128 e. The summed E-state index contributed by atoms with van der Waals surface area (Å²) in [5.74, 6) is 0.724. The molecule has 0 spiro atoms. The molecular formula is C17H13N3O. The van der Waals surface area contributed by atoms with Gasteiger partial charge in [0, 0.05) is 24.1 Å². The molecule has 2 aliphatic rings. The molecule has 1 heterocycles. The number of aliphatic imine (C=N–C) groups is 3. The van der Waals surface area contributed by atoms with Crippen LogP contribution in [0.1, 0.15) is 0 Å². The van der Waals surface area contributed by atoms with Gasteiger partial charge in [0.1, 0.15) is 12.1 Å². The third-order valence-corrected chi connectivity index (χ3v) is 2.83. The van der Waals surface area contributed by atoms with Crippen molar-refractivity contribution in [3.8, 4) is 5.75 Å². The second kappa shape index (κ2) is 6.43. The maximum atomic E-state index is 5.48. The van der Waals surface area contributed by atoms with E-state index in [2.05, 4.69) is 15.0 Å². The van der Waals surface area contributed by atoms with Gasteiger partial charge in [-0.1, -0.05) is 18.2 Å². The molecule has 21 heavy (non-hydrogen) atoms. The summed E-state index contributed by atoms with van der Waals surface area (Å²) in [5, 5.41) is 0. The molecule has 4 heteroatoms. The molecule has 0 saturated carbocycles. The maximum Gasteiger partial charge on any atom is 0.128 e. The Morgan fingerprint density at radius 2 is 2.05 bits per heavy atom. The molecule has 3 rings (SSSR count). The summed E-state index contributed by atoms with van der Waals surface area (Å²) in [7, 11) is 0. The standard InChI is InChI=1S/C17H13N3O/c1-2-10-21-16-7-4-6-15(11-16)19-13-20-17-8-3-5-14(17)12-18-9-1/h1-13H. The average molecular weight is 275 g/mol. The topological polar surface area (TPSA) is 46.3 Å². The SMILES string of the molecule is C1=CN=CC2=CC=CC2=NC=Nc2cccc(c2)OC=C1. The lowest BCUT2D eigenvalue weighted by atomic mass is 10.2. The fourth-order valence-electron chi connectivity index (χ4n) is 1.83. The third kappa shape index (κ3) is 3.51. The molecule has 0 unspecified atom stereocenters. The number of hydrogen-bond donors (Lipinski definition) is 0. The number of allylic oxidation sites excluding steroid dienone is 6. The van der Waals surface area contributed by atoms with Crippen molar-refractivity contribution in [1.82, 2.24) is 0 Å². The fraction of sp³-hybridized carbons (Fsp3) is 0. The molecule has 0 atom stereocenters. The highest BCUT2D eigenvalue weighted by molar-refractivity contribution is 6.25. The van der Waals surface area contributed by atoms with E-state index in [4.69, 9.17) is 4.74 Å². The number of nitrogens with zero attached hydrogens (tertiary/aromatic N) is 3. The first-order valence-corrected chi connectivity index (χ1v) is 6.52. The van der Waals surface area contributed by atoms with E-state index in [1.807, 2.05) is 42.5 Å². The molecule has 1 aromatic rings. The highest BCUT2D eigenvalue weighted by Gasteiger charge is 2.04. The molecular weight excluding hydrogens is 262 g/mol. The van der Waals surface area contributed by atoms with Gasteiger partial charge >= 0.3 is 0 Å². The molecule has 4 nitrogen and oxygen atoms in total. The summed E-state index contributed by atoms with van der Waals surface area (Å²) in [6.07, 6.45) is 16.0.